The predicted octanol–water partition coefficient (Wildman–Crippen LogP) is 6.96. The van der Waals surface area contributed by atoms with Crippen molar-refractivity contribution >= 4 is 23.9 Å². The van der Waals surface area contributed by atoms with Gasteiger partial charge < -0.3 is 29.9 Å². The molecule has 42 heavy (non-hydrogen) atoms. The van der Waals surface area contributed by atoms with E-state index >= 15 is 0 Å². The molecule has 0 heterocycles. The molecular formula is C32H26O10. The predicted molar refractivity (Wildman–Crippen MR) is 152 cm³/mol. The molecule has 0 bridgehead atoms. The summed E-state index contributed by atoms with van der Waals surface area (Å²) in [5.41, 5.74) is 2.70. The number of carboxylic acids is 4. The Morgan fingerprint density at radius 2 is 0.810 bits per heavy atom. The van der Waals surface area contributed by atoms with Crippen LogP contribution in [0.1, 0.15) is 63.7 Å². The molecule has 0 fully saturated rings. The molecule has 4 rings (SSSR count). The van der Waals surface area contributed by atoms with Gasteiger partial charge in [-0.1, -0.05) is 12.1 Å². The molecule has 0 aliphatic carbocycles. The van der Waals surface area contributed by atoms with Crippen molar-refractivity contribution in [1.82, 2.24) is 0 Å². The molecule has 0 spiro atoms. The van der Waals surface area contributed by atoms with Crippen molar-refractivity contribution in [2.75, 3.05) is 0 Å². The Hall–Kier alpha value is -5.64. The van der Waals surface area contributed by atoms with Gasteiger partial charge in [0.15, 0.2) is 0 Å². The zero-order valence-electron chi connectivity index (χ0n) is 23.0. The lowest BCUT2D eigenvalue weighted by Gasteiger charge is -2.20. The van der Waals surface area contributed by atoms with Gasteiger partial charge in [0, 0.05) is 11.1 Å². The van der Waals surface area contributed by atoms with E-state index in [4.69, 9.17) is 9.47 Å². The van der Waals surface area contributed by atoms with Gasteiger partial charge in [-0.25, -0.2) is 19.2 Å². The average Bonchev–Trinajstić information content (AvgIpc) is 2.90. The second-order valence-electron chi connectivity index (χ2n) is 9.76. The van der Waals surface area contributed by atoms with Gasteiger partial charge in [-0.3, -0.25) is 0 Å². The lowest BCUT2D eigenvalue weighted by Crippen LogP contribution is -2.08. The van der Waals surface area contributed by atoms with Crippen LogP contribution >= 0.6 is 0 Å². The van der Waals surface area contributed by atoms with Gasteiger partial charge in [-0.2, -0.15) is 0 Å². The summed E-state index contributed by atoms with van der Waals surface area (Å²) in [6, 6.07) is 14.8. The van der Waals surface area contributed by atoms with Gasteiger partial charge >= 0.3 is 23.9 Å². The van der Waals surface area contributed by atoms with E-state index in [2.05, 4.69) is 0 Å². The summed E-state index contributed by atoms with van der Waals surface area (Å²) in [7, 11) is 0. The summed E-state index contributed by atoms with van der Waals surface area (Å²) in [6.45, 7) is 7.39. The molecule has 4 aromatic carbocycles. The number of carboxylic acid groups (broad SMARTS) is 4. The quantitative estimate of drug-likeness (QED) is 0.165. The summed E-state index contributed by atoms with van der Waals surface area (Å²) in [5.74, 6) is -4.67. The average molecular weight is 571 g/mol. The second-order valence-corrected chi connectivity index (χ2v) is 9.76. The number of ether oxygens (including phenoxy) is 2. The van der Waals surface area contributed by atoms with Gasteiger partial charge in [0.2, 0.25) is 0 Å². The SMILES string of the molecule is Cc1cc(C)c(Oc2ccc(C(=O)O)c(C(=O)O)c2)c(-c2cc(C)cc(C)c2Oc2ccc(C(=O)O)c(C(=O)O)c2)c1. The molecule has 0 aromatic heterocycles. The molecule has 0 saturated carbocycles. The minimum absolute atomic E-state index is 0.104. The molecule has 0 aliphatic rings. The third kappa shape index (κ3) is 5.92. The Kier molecular flexibility index (Phi) is 8.01. The number of aryl methyl sites for hydroxylation is 4. The third-order valence-corrected chi connectivity index (χ3v) is 6.47. The largest absolute Gasteiger partial charge is 0.478 e. The maximum absolute atomic E-state index is 11.7. The first-order valence-electron chi connectivity index (χ1n) is 12.6. The van der Waals surface area contributed by atoms with Gasteiger partial charge in [0.05, 0.1) is 22.3 Å². The van der Waals surface area contributed by atoms with Crippen LogP contribution in [0.2, 0.25) is 0 Å². The highest BCUT2D eigenvalue weighted by atomic mass is 16.5. The van der Waals surface area contributed by atoms with Crippen LogP contribution in [0.25, 0.3) is 11.1 Å². The van der Waals surface area contributed by atoms with Crippen molar-refractivity contribution in [3.8, 4) is 34.1 Å². The number of hydrogen-bond acceptors (Lipinski definition) is 6. The van der Waals surface area contributed by atoms with Crippen LogP contribution in [0.4, 0.5) is 0 Å². The Morgan fingerprint density at radius 3 is 1.12 bits per heavy atom. The highest BCUT2D eigenvalue weighted by Crippen LogP contribution is 2.44. The van der Waals surface area contributed by atoms with Crippen LogP contribution in [-0.2, 0) is 0 Å². The standard InChI is InChI=1S/C32H26O10/c1-15-9-17(3)27(41-19-5-7-21(29(33)34)25(13-19)31(37)38)23(11-15)24-12-16(2)10-18(4)28(24)42-20-6-8-22(30(35)36)26(14-20)32(39)40/h5-14H,1-4H3,(H,33,34)(H,35,36)(H,37,38)(H,39,40). The lowest BCUT2D eigenvalue weighted by atomic mass is 9.95. The van der Waals surface area contributed by atoms with E-state index in [1.807, 2.05) is 52.0 Å². The van der Waals surface area contributed by atoms with Crippen LogP contribution in [0.15, 0.2) is 60.7 Å². The van der Waals surface area contributed by atoms with E-state index < -0.39 is 35.0 Å². The van der Waals surface area contributed by atoms with Gasteiger partial charge in [0.1, 0.15) is 23.0 Å². The number of aromatic carboxylic acids is 4. The van der Waals surface area contributed by atoms with Gasteiger partial charge in [0.25, 0.3) is 0 Å². The molecule has 10 heteroatoms. The minimum Gasteiger partial charge on any atom is -0.478 e. The van der Waals surface area contributed by atoms with E-state index in [0.717, 1.165) is 35.4 Å². The molecule has 0 atom stereocenters. The van der Waals surface area contributed by atoms with Crippen LogP contribution in [0.3, 0.4) is 0 Å². The Bertz CT molecular complexity index is 1650. The second kappa shape index (κ2) is 11.5. The van der Waals surface area contributed by atoms with E-state index in [-0.39, 0.29) is 22.6 Å². The Morgan fingerprint density at radius 1 is 0.476 bits per heavy atom. The smallest absolute Gasteiger partial charge is 0.336 e. The highest BCUT2D eigenvalue weighted by Gasteiger charge is 2.22. The van der Waals surface area contributed by atoms with Crippen molar-refractivity contribution in [3.05, 3.63) is 105 Å². The van der Waals surface area contributed by atoms with Crippen LogP contribution in [-0.4, -0.2) is 44.3 Å². The van der Waals surface area contributed by atoms with E-state index in [9.17, 15) is 39.6 Å². The summed E-state index contributed by atoms with van der Waals surface area (Å²) in [4.78, 5) is 46.5. The van der Waals surface area contributed by atoms with E-state index in [1.54, 1.807) is 0 Å². The fourth-order valence-electron chi connectivity index (χ4n) is 4.72. The van der Waals surface area contributed by atoms with Crippen LogP contribution in [0, 0.1) is 27.7 Å². The first-order valence-corrected chi connectivity index (χ1v) is 12.6. The Labute approximate surface area is 240 Å². The zero-order valence-corrected chi connectivity index (χ0v) is 23.0. The fraction of sp³-hybridized carbons (Fsp3) is 0.125. The molecule has 0 amide bonds. The molecule has 0 aliphatic heterocycles. The lowest BCUT2D eigenvalue weighted by molar-refractivity contribution is 0.0651. The molecule has 0 radical (unpaired) electrons. The molecule has 10 nitrogen and oxygen atoms in total. The molecular weight excluding hydrogens is 544 g/mol. The number of hydrogen-bond donors (Lipinski definition) is 4. The van der Waals surface area contributed by atoms with Crippen LogP contribution < -0.4 is 9.47 Å². The Balaban J connectivity index is 1.88. The summed E-state index contributed by atoms with van der Waals surface area (Å²) in [6.07, 6.45) is 0. The van der Waals surface area contributed by atoms with E-state index in [1.165, 1.54) is 12.1 Å². The normalized spacial score (nSPS) is 10.7. The topological polar surface area (TPSA) is 168 Å². The van der Waals surface area contributed by atoms with Gasteiger partial charge in [-0.05, 0) is 98.5 Å². The number of carbonyl (C=O) groups is 4. The van der Waals surface area contributed by atoms with Crippen molar-refractivity contribution in [1.29, 1.82) is 0 Å². The van der Waals surface area contributed by atoms with E-state index in [0.29, 0.717) is 33.8 Å². The third-order valence-electron chi connectivity index (χ3n) is 6.47. The van der Waals surface area contributed by atoms with Crippen LogP contribution in [0.5, 0.6) is 23.0 Å². The van der Waals surface area contributed by atoms with Crippen molar-refractivity contribution in [3.63, 3.8) is 0 Å². The van der Waals surface area contributed by atoms with Gasteiger partial charge in [-0.15, -0.1) is 0 Å². The monoisotopic (exact) mass is 570 g/mol. The first-order chi connectivity index (χ1) is 19.8. The summed E-state index contributed by atoms with van der Waals surface area (Å²) < 4.78 is 12.4. The fourth-order valence-corrected chi connectivity index (χ4v) is 4.72. The van der Waals surface area contributed by atoms with Crippen molar-refractivity contribution in [2.45, 2.75) is 27.7 Å². The van der Waals surface area contributed by atoms with Crippen molar-refractivity contribution < 1.29 is 49.1 Å². The molecule has 0 unspecified atom stereocenters. The molecule has 0 saturated heterocycles. The summed E-state index contributed by atoms with van der Waals surface area (Å²) >= 11 is 0. The zero-order chi connectivity index (χ0) is 30.9. The maximum Gasteiger partial charge on any atom is 0.336 e. The molecule has 214 valence electrons. The number of benzene rings is 4. The molecule has 4 N–H and O–H groups in total. The summed E-state index contributed by atoms with van der Waals surface area (Å²) in [5, 5.41) is 37.9. The first kappa shape index (κ1) is 29.3. The number of rotatable bonds is 9. The highest BCUT2D eigenvalue weighted by molar-refractivity contribution is 6.02. The molecule has 4 aromatic rings. The minimum atomic E-state index is -1.42. The van der Waals surface area contributed by atoms with Crippen molar-refractivity contribution in [2.24, 2.45) is 0 Å². The maximum atomic E-state index is 11.7.